The summed E-state index contributed by atoms with van der Waals surface area (Å²) in [6.45, 7) is 5.09. The number of ether oxygens (including phenoxy) is 2. The molecule has 4 heteroatoms. The highest BCUT2D eigenvalue weighted by molar-refractivity contribution is 5.45. The Bertz CT molecular complexity index is 543. The molecule has 0 amide bonds. The summed E-state index contributed by atoms with van der Waals surface area (Å²) in [5.41, 5.74) is 8.22. The van der Waals surface area contributed by atoms with E-state index in [4.69, 9.17) is 15.2 Å². The van der Waals surface area contributed by atoms with Crippen molar-refractivity contribution >= 4 is 0 Å². The molecule has 1 unspecified atom stereocenters. The van der Waals surface area contributed by atoms with Crippen molar-refractivity contribution in [1.29, 1.82) is 0 Å². The first-order chi connectivity index (χ1) is 9.76. The molecule has 4 nitrogen and oxygen atoms in total. The molecule has 0 aliphatic heterocycles. The quantitative estimate of drug-likeness (QED) is 0.878. The molecule has 0 saturated carbocycles. The van der Waals surface area contributed by atoms with Crippen molar-refractivity contribution in [3.63, 3.8) is 0 Å². The van der Waals surface area contributed by atoms with Crippen LogP contribution in [-0.4, -0.2) is 18.2 Å². The summed E-state index contributed by atoms with van der Waals surface area (Å²) in [5.74, 6) is 1.47. The average Bonchev–Trinajstić information content (AvgIpc) is 2.50. The second kappa shape index (κ2) is 6.91. The fourth-order valence-corrected chi connectivity index (χ4v) is 2.01. The molecule has 2 N–H and O–H groups in total. The number of nitrogens with two attached hydrogens (primary N) is 1. The van der Waals surface area contributed by atoms with Crippen LogP contribution < -0.4 is 15.2 Å². The Labute approximate surface area is 119 Å². The predicted octanol–water partition coefficient (Wildman–Crippen LogP) is 2.93. The fourth-order valence-electron chi connectivity index (χ4n) is 2.01. The first kappa shape index (κ1) is 14.3. The minimum absolute atomic E-state index is 0.224. The molecular weight excluding hydrogens is 252 g/mol. The summed E-state index contributed by atoms with van der Waals surface area (Å²) in [5, 5.41) is 0. The SMILES string of the molecule is CCOc1ccc(C(N)c2cccnc2)cc1OCC. The molecule has 1 atom stereocenters. The summed E-state index contributed by atoms with van der Waals surface area (Å²) in [6, 6.07) is 9.43. The normalized spacial score (nSPS) is 11.9. The maximum atomic E-state index is 6.27. The van der Waals surface area contributed by atoms with Crippen LogP contribution in [0.5, 0.6) is 11.5 Å². The van der Waals surface area contributed by atoms with E-state index in [0.717, 1.165) is 22.6 Å². The van der Waals surface area contributed by atoms with E-state index < -0.39 is 0 Å². The standard InChI is InChI=1S/C16H20N2O2/c1-3-19-14-8-7-12(10-15(14)20-4-2)16(17)13-6-5-9-18-11-13/h5-11,16H,3-4,17H2,1-2H3. The van der Waals surface area contributed by atoms with Crippen LogP contribution in [0.15, 0.2) is 42.7 Å². The molecule has 0 spiro atoms. The Hall–Kier alpha value is -2.07. The summed E-state index contributed by atoms with van der Waals surface area (Å²) >= 11 is 0. The van der Waals surface area contributed by atoms with E-state index in [9.17, 15) is 0 Å². The van der Waals surface area contributed by atoms with Crippen LogP contribution in [-0.2, 0) is 0 Å². The first-order valence-corrected chi connectivity index (χ1v) is 6.81. The van der Waals surface area contributed by atoms with Gasteiger partial charge in [-0.3, -0.25) is 4.98 Å². The number of pyridine rings is 1. The van der Waals surface area contributed by atoms with Crippen molar-refractivity contribution in [3.8, 4) is 11.5 Å². The van der Waals surface area contributed by atoms with E-state index in [-0.39, 0.29) is 6.04 Å². The number of nitrogens with zero attached hydrogens (tertiary/aromatic N) is 1. The van der Waals surface area contributed by atoms with Crippen LogP contribution in [0.1, 0.15) is 31.0 Å². The molecule has 0 fully saturated rings. The number of benzene rings is 1. The van der Waals surface area contributed by atoms with E-state index in [1.54, 1.807) is 12.4 Å². The third-order valence-electron chi connectivity index (χ3n) is 2.97. The monoisotopic (exact) mass is 272 g/mol. The Morgan fingerprint density at radius 1 is 1.05 bits per heavy atom. The average molecular weight is 272 g/mol. The molecule has 0 aliphatic rings. The van der Waals surface area contributed by atoms with Gasteiger partial charge in [0.15, 0.2) is 11.5 Å². The molecule has 0 aliphatic carbocycles. The summed E-state index contributed by atoms with van der Waals surface area (Å²) in [6.07, 6.45) is 3.52. The lowest BCUT2D eigenvalue weighted by Gasteiger charge is -2.16. The maximum absolute atomic E-state index is 6.27. The van der Waals surface area contributed by atoms with E-state index in [2.05, 4.69) is 4.98 Å². The molecule has 1 aromatic heterocycles. The first-order valence-electron chi connectivity index (χ1n) is 6.81. The zero-order valence-corrected chi connectivity index (χ0v) is 11.9. The molecule has 106 valence electrons. The van der Waals surface area contributed by atoms with Gasteiger partial charge in [0.2, 0.25) is 0 Å². The van der Waals surface area contributed by atoms with Gasteiger partial charge in [0.05, 0.1) is 19.3 Å². The topological polar surface area (TPSA) is 57.4 Å². The van der Waals surface area contributed by atoms with Gasteiger partial charge in [0, 0.05) is 12.4 Å². The molecular formula is C16H20N2O2. The van der Waals surface area contributed by atoms with Crippen LogP contribution in [0.3, 0.4) is 0 Å². The van der Waals surface area contributed by atoms with Gasteiger partial charge in [-0.05, 0) is 43.2 Å². The molecule has 1 aromatic carbocycles. The van der Waals surface area contributed by atoms with Crippen molar-refractivity contribution in [2.24, 2.45) is 5.73 Å². The van der Waals surface area contributed by atoms with Gasteiger partial charge in [-0.15, -0.1) is 0 Å². The minimum atomic E-state index is -0.224. The third-order valence-corrected chi connectivity index (χ3v) is 2.97. The van der Waals surface area contributed by atoms with Gasteiger partial charge in [-0.25, -0.2) is 0 Å². The smallest absolute Gasteiger partial charge is 0.161 e. The molecule has 0 bridgehead atoms. The largest absolute Gasteiger partial charge is 0.490 e. The summed E-state index contributed by atoms with van der Waals surface area (Å²) < 4.78 is 11.2. The van der Waals surface area contributed by atoms with Gasteiger partial charge >= 0.3 is 0 Å². The van der Waals surface area contributed by atoms with E-state index in [1.807, 2.05) is 44.2 Å². The maximum Gasteiger partial charge on any atom is 0.161 e. The van der Waals surface area contributed by atoms with Crippen molar-refractivity contribution in [2.45, 2.75) is 19.9 Å². The van der Waals surface area contributed by atoms with E-state index >= 15 is 0 Å². The number of aromatic nitrogens is 1. The van der Waals surface area contributed by atoms with E-state index in [1.165, 1.54) is 0 Å². The second-order valence-electron chi connectivity index (χ2n) is 4.34. The molecule has 20 heavy (non-hydrogen) atoms. The third kappa shape index (κ3) is 3.27. The van der Waals surface area contributed by atoms with Gasteiger partial charge in [0.25, 0.3) is 0 Å². The fraction of sp³-hybridized carbons (Fsp3) is 0.312. The lowest BCUT2D eigenvalue weighted by Crippen LogP contribution is -2.12. The Morgan fingerprint density at radius 2 is 1.80 bits per heavy atom. The van der Waals surface area contributed by atoms with Gasteiger partial charge in [-0.1, -0.05) is 12.1 Å². The predicted molar refractivity (Wildman–Crippen MR) is 79.0 cm³/mol. The minimum Gasteiger partial charge on any atom is -0.490 e. The number of rotatable bonds is 6. The zero-order valence-electron chi connectivity index (χ0n) is 11.9. The molecule has 2 aromatic rings. The molecule has 0 radical (unpaired) electrons. The highest BCUT2D eigenvalue weighted by Crippen LogP contribution is 2.31. The van der Waals surface area contributed by atoms with Gasteiger partial charge < -0.3 is 15.2 Å². The van der Waals surface area contributed by atoms with Crippen LogP contribution in [0, 0.1) is 0 Å². The second-order valence-corrected chi connectivity index (χ2v) is 4.34. The van der Waals surface area contributed by atoms with Crippen molar-refractivity contribution < 1.29 is 9.47 Å². The lowest BCUT2D eigenvalue weighted by molar-refractivity contribution is 0.287. The van der Waals surface area contributed by atoms with Crippen LogP contribution in [0.4, 0.5) is 0 Å². The molecule has 0 saturated heterocycles. The van der Waals surface area contributed by atoms with Gasteiger partial charge in [0.1, 0.15) is 0 Å². The highest BCUT2D eigenvalue weighted by Gasteiger charge is 2.13. The van der Waals surface area contributed by atoms with Crippen LogP contribution >= 0.6 is 0 Å². The Balaban J connectivity index is 2.30. The lowest BCUT2D eigenvalue weighted by atomic mass is 10.0. The van der Waals surface area contributed by atoms with Crippen LogP contribution in [0.25, 0.3) is 0 Å². The van der Waals surface area contributed by atoms with Gasteiger partial charge in [-0.2, -0.15) is 0 Å². The number of hydrogen-bond donors (Lipinski definition) is 1. The Kier molecular flexibility index (Phi) is 4.96. The van der Waals surface area contributed by atoms with Crippen molar-refractivity contribution in [3.05, 3.63) is 53.9 Å². The van der Waals surface area contributed by atoms with E-state index in [0.29, 0.717) is 13.2 Å². The van der Waals surface area contributed by atoms with Crippen molar-refractivity contribution in [2.75, 3.05) is 13.2 Å². The van der Waals surface area contributed by atoms with Crippen molar-refractivity contribution in [1.82, 2.24) is 4.98 Å². The van der Waals surface area contributed by atoms with Crippen LogP contribution in [0.2, 0.25) is 0 Å². The molecule has 2 rings (SSSR count). The summed E-state index contributed by atoms with van der Waals surface area (Å²) in [4.78, 5) is 4.10. The molecule has 1 heterocycles. The zero-order chi connectivity index (χ0) is 14.4. The summed E-state index contributed by atoms with van der Waals surface area (Å²) in [7, 11) is 0. The number of hydrogen-bond acceptors (Lipinski definition) is 4. The Morgan fingerprint density at radius 3 is 2.45 bits per heavy atom. The highest BCUT2D eigenvalue weighted by atomic mass is 16.5.